The van der Waals surface area contributed by atoms with Gasteiger partial charge in [-0.05, 0) is 47.7 Å². The van der Waals surface area contributed by atoms with Gasteiger partial charge in [-0.15, -0.1) is 0 Å². The second-order valence-electron chi connectivity index (χ2n) is 7.84. The van der Waals surface area contributed by atoms with Gasteiger partial charge >= 0.3 is 0 Å². The Labute approximate surface area is 177 Å². The molecule has 1 N–H and O–H groups in total. The molecule has 0 bridgehead atoms. The fraction of sp³-hybridized carbons (Fsp3) is 0.269. The first-order chi connectivity index (χ1) is 14.2. The standard InChI is InChI=1S/C25H25N3O.CH4/c1-27-23-11-13-26-17-22(23)21-10-9-20(16-24(21)27)28-14-12-19(15-25(28)29)8-7-18-5-3-2-4-6-18;/h2-6,9-10,12,14-16,26H,7-8,11,13,17H2,1H3;1H4. The van der Waals surface area contributed by atoms with Gasteiger partial charge in [-0.1, -0.05) is 43.8 Å². The van der Waals surface area contributed by atoms with Gasteiger partial charge < -0.3 is 9.88 Å². The van der Waals surface area contributed by atoms with E-state index in [9.17, 15) is 4.79 Å². The van der Waals surface area contributed by atoms with E-state index in [0.29, 0.717) is 0 Å². The molecule has 5 rings (SSSR count). The highest BCUT2D eigenvalue weighted by Crippen LogP contribution is 2.29. The van der Waals surface area contributed by atoms with E-state index < -0.39 is 0 Å². The number of hydrogen-bond donors (Lipinski definition) is 1. The van der Waals surface area contributed by atoms with Crippen molar-refractivity contribution in [3.8, 4) is 5.69 Å². The first kappa shape index (κ1) is 20.2. The summed E-state index contributed by atoms with van der Waals surface area (Å²) in [5.74, 6) is 0. The van der Waals surface area contributed by atoms with Crippen LogP contribution in [0.1, 0.15) is 29.8 Å². The minimum atomic E-state index is 0. The summed E-state index contributed by atoms with van der Waals surface area (Å²) in [6, 6.07) is 20.6. The zero-order chi connectivity index (χ0) is 19.8. The van der Waals surface area contributed by atoms with Gasteiger partial charge in [0.1, 0.15) is 0 Å². The summed E-state index contributed by atoms with van der Waals surface area (Å²) in [4.78, 5) is 12.8. The Morgan fingerprint density at radius 3 is 2.57 bits per heavy atom. The first-order valence-corrected chi connectivity index (χ1v) is 10.3. The van der Waals surface area contributed by atoms with E-state index in [1.165, 1.54) is 27.7 Å². The number of rotatable bonds is 4. The molecular weight excluding hydrogens is 370 g/mol. The maximum Gasteiger partial charge on any atom is 0.255 e. The molecule has 1 aliphatic rings. The van der Waals surface area contributed by atoms with E-state index in [0.717, 1.165) is 43.6 Å². The minimum absolute atomic E-state index is 0. The van der Waals surface area contributed by atoms with Gasteiger partial charge in [-0.25, -0.2) is 0 Å². The van der Waals surface area contributed by atoms with E-state index in [-0.39, 0.29) is 13.0 Å². The lowest BCUT2D eigenvalue weighted by molar-refractivity contribution is 0.622. The highest BCUT2D eigenvalue weighted by Gasteiger charge is 2.18. The number of hydrogen-bond acceptors (Lipinski definition) is 2. The summed E-state index contributed by atoms with van der Waals surface area (Å²) in [5, 5.41) is 4.75. The van der Waals surface area contributed by atoms with Crippen LogP contribution in [0.3, 0.4) is 0 Å². The molecule has 1 aliphatic heterocycles. The highest BCUT2D eigenvalue weighted by molar-refractivity contribution is 5.87. The fourth-order valence-corrected chi connectivity index (χ4v) is 4.46. The maximum atomic E-state index is 12.8. The summed E-state index contributed by atoms with van der Waals surface area (Å²) in [5.41, 5.74) is 7.30. The topological polar surface area (TPSA) is 39.0 Å². The van der Waals surface area contributed by atoms with Gasteiger partial charge in [0.25, 0.3) is 5.56 Å². The molecular formula is C26H29N3O. The van der Waals surface area contributed by atoms with Crippen molar-refractivity contribution in [3.05, 3.63) is 99.6 Å². The van der Waals surface area contributed by atoms with Crippen molar-refractivity contribution in [1.82, 2.24) is 14.5 Å². The Hall–Kier alpha value is -3.11. The Kier molecular flexibility index (Phi) is 5.60. The van der Waals surface area contributed by atoms with Crippen LogP contribution in [0.2, 0.25) is 0 Å². The third kappa shape index (κ3) is 3.59. The summed E-state index contributed by atoms with van der Waals surface area (Å²) in [6.45, 7) is 1.94. The van der Waals surface area contributed by atoms with Gasteiger partial charge in [0.05, 0.1) is 11.2 Å². The quantitative estimate of drug-likeness (QED) is 0.553. The molecule has 0 spiro atoms. The number of benzene rings is 2. The first-order valence-electron chi connectivity index (χ1n) is 10.3. The van der Waals surface area contributed by atoms with E-state index in [1.807, 2.05) is 12.3 Å². The molecule has 154 valence electrons. The zero-order valence-electron chi connectivity index (χ0n) is 16.7. The molecule has 3 heterocycles. The van der Waals surface area contributed by atoms with Crippen LogP contribution >= 0.6 is 0 Å². The molecule has 0 saturated carbocycles. The number of nitrogens with one attached hydrogen (secondary N) is 1. The second-order valence-corrected chi connectivity index (χ2v) is 7.84. The molecule has 0 atom stereocenters. The van der Waals surface area contributed by atoms with Crippen molar-refractivity contribution in [2.24, 2.45) is 7.05 Å². The minimum Gasteiger partial charge on any atom is -0.347 e. The van der Waals surface area contributed by atoms with E-state index in [4.69, 9.17) is 0 Å². The Bertz CT molecular complexity index is 1230. The largest absolute Gasteiger partial charge is 0.347 e. The van der Waals surface area contributed by atoms with Crippen LogP contribution in [0.5, 0.6) is 0 Å². The van der Waals surface area contributed by atoms with E-state index >= 15 is 0 Å². The average molecular weight is 400 g/mol. The van der Waals surface area contributed by atoms with Crippen LogP contribution in [0.4, 0.5) is 0 Å². The number of fused-ring (bicyclic) bond motifs is 3. The molecule has 0 amide bonds. The van der Waals surface area contributed by atoms with E-state index in [2.05, 4.69) is 65.5 Å². The summed E-state index contributed by atoms with van der Waals surface area (Å²) >= 11 is 0. The van der Waals surface area contributed by atoms with Crippen molar-refractivity contribution in [2.75, 3.05) is 6.54 Å². The molecule has 0 radical (unpaired) electrons. The average Bonchev–Trinajstić information content (AvgIpc) is 3.05. The second kappa shape index (κ2) is 8.33. The molecule has 0 fully saturated rings. The number of aromatic nitrogens is 2. The number of pyridine rings is 1. The monoisotopic (exact) mass is 399 g/mol. The SMILES string of the molecule is C.Cn1c2c(c3ccc(-n4ccc(CCc5ccccc5)cc4=O)cc31)CNCC2. The van der Waals surface area contributed by atoms with Gasteiger partial charge in [0, 0.05) is 49.9 Å². The summed E-state index contributed by atoms with van der Waals surface area (Å²) in [7, 11) is 2.13. The highest BCUT2D eigenvalue weighted by atomic mass is 16.1. The number of aryl methyl sites for hydroxylation is 3. The van der Waals surface area contributed by atoms with Gasteiger partial charge in [-0.2, -0.15) is 0 Å². The van der Waals surface area contributed by atoms with Crippen molar-refractivity contribution in [3.63, 3.8) is 0 Å². The lowest BCUT2D eigenvalue weighted by Crippen LogP contribution is -2.24. The van der Waals surface area contributed by atoms with Crippen LogP contribution in [0.25, 0.3) is 16.6 Å². The Balaban J connectivity index is 0.00000218. The zero-order valence-corrected chi connectivity index (χ0v) is 16.7. The lowest BCUT2D eigenvalue weighted by atomic mass is 10.1. The smallest absolute Gasteiger partial charge is 0.255 e. The fourth-order valence-electron chi connectivity index (χ4n) is 4.46. The van der Waals surface area contributed by atoms with Gasteiger partial charge in [0.2, 0.25) is 0 Å². The summed E-state index contributed by atoms with van der Waals surface area (Å²) < 4.78 is 4.03. The molecule has 0 unspecified atom stereocenters. The van der Waals surface area contributed by atoms with E-state index in [1.54, 1.807) is 10.6 Å². The lowest BCUT2D eigenvalue weighted by Gasteiger charge is -2.14. The van der Waals surface area contributed by atoms with Crippen LogP contribution in [0, 0.1) is 0 Å². The van der Waals surface area contributed by atoms with Crippen molar-refractivity contribution in [1.29, 1.82) is 0 Å². The predicted octanol–water partition coefficient (Wildman–Crippen LogP) is 4.40. The molecule has 2 aromatic heterocycles. The molecule has 4 heteroatoms. The van der Waals surface area contributed by atoms with Crippen molar-refractivity contribution >= 4 is 10.9 Å². The summed E-state index contributed by atoms with van der Waals surface area (Å²) in [6.07, 6.45) is 4.77. The normalized spacial score (nSPS) is 13.1. The predicted molar refractivity (Wildman–Crippen MR) is 125 cm³/mol. The number of nitrogens with zero attached hydrogens (tertiary/aromatic N) is 2. The third-order valence-electron chi connectivity index (χ3n) is 6.07. The van der Waals surface area contributed by atoms with Crippen molar-refractivity contribution in [2.45, 2.75) is 33.2 Å². The molecule has 4 nitrogen and oxygen atoms in total. The van der Waals surface area contributed by atoms with Gasteiger partial charge in [-0.3, -0.25) is 9.36 Å². The molecule has 4 aromatic rings. The molecule has 0 saturated heterocycles. The van der Waals surface area contributed by atoms with Crippen LogP contribution in [-0.4, -0.2) is 15.7 Å². The van der Waals surface area contributed by atoms with Crippen LogP contribution in [-0.2, 0) is 32.9 Å². The van der Waals surface area contributed by atoms with Crippen molar-refractivity contribution < 1.29 is 0 Å². The third-order valence-corrected chi connectivity index (χ3v) is 6.07. The molecule has 30 heavy (non-hydrogen) atoms. The maximum absolute atomic E-state index is 12.8. The Morgan fingerprint density at radius 2 is 1.77 bits per heavy atom. The van der Waals surface area contributed by atoms with Gasteiger partial charge in [0.15, 0.2) is 0 Å². The molecule has 2 aromatic carbocycles. The Morgan fingerprint density at radius 1 is 0.967 bits per heavy atom. The van der Waals surface area contributed by atoms with Crippen LogP contribution in [0.15, 0.2) is 71.7 Å². The van der Waals surface area contributed by atoms with Crippen LogP contribution < -0.4 is 10.9 Å². The molecule has 0 aliphatic carbocycles.